The van der Waals surface area contributed by atoms with Gasteiger partial charge in [-0.3, -0.25) is 4.79 Å². The Morgan fingerprint density at radius 1 is 1.16 bits per heavy atom. The summed E-state index contributed by atoms with van der Waals surface area (Å²) in [4.78, 5) is 12.0. The zero-order chi connectivity index (χ0) is 14.0. The number of nitrogen functional groups attached to an aromatic ring is 1. The number of benzene rings is 2. The lowest BCUT2D eigenvalue weighted by Gasteiger charge is -2.07. The molecule has 0 aliphatic heterocycles. The molecule has 0 aromatic heterocycles. The van der Waals surface area contributed by atoms with Gasteiger partial charge in [-0.2, -0.15) is 0 Å². The quantitative estimate of drug-likeness (QED) is 0.824. The largest absolute Gasteiger partial charge is 0.399 e. The molecule has 0 fully saturated rings. The molecule has 0 aliphatic rings. The van der Waals surface area contributed by atoms with Crippen molar-refractivity contribution < 1.29 is 9.18 Å². The van der Waals surface area contributed by atoms with Gasteiger partial charge in [0.15, 0.2) is 0 Å². The van der Waals surface area contributed by atoms with Gasteiger partial charge in [0.1, 0.15) is 5.82 Å². The van der Waals surface area contributed by atoms with Gasteiger partial charge in [0.2, 0.25) is 0 Å². The molecular formula is C13H9Cl2FN2O. The maximum absolute atomic E-state index is 13.0. The van der Waals surface area contributed by atoms with Crippen molar-refractivity contribution in [1.29, 1.82) is 0 Å². The standard InChI is InChI=1S/C13H9Cl2FN2O/c14-8-3-7(4-9(17)5-8)13(19)18-10-1-2-12(16)11(15)6-10/h1-6H,17H2,(H,18,19). The summed E-state index contributed by atoms with van der Waals surface area (Å²) in [6, 6.07) is 8.41. The molecule has 0 unspecified atom stereocenters. The van der Waals surface area contributed by atoms with Gasteiger partial charge in [0.25, 0.3) is 5.91 Å². The summed E-state index contributed by atoms with van der Waals surface area (Å²) in [5.74, 6) is -0.955. The van der Waals surface area contributed by atoms with Crippen LogP contribution in [0.2, 0.25) is 10.0 Å². The SMILES string of the molecule is Nc1cc(Cl)cc(C(=O)Nc2ccc(F)c(Cl)c2)c1. The number of anilines is 2. The Labute approximate surface area is 119 Å². The summed E-state index contributed by atoms with van der Waals surface area (Å²) in [6.45, 7) is 0. The fourth-order valence-corrected chi connectivity index (χ4v) is 1.94. The first-order valence-electron chi connectivity index (χ1n) is 5.28. The van der Waals surface area contributed by atoms with Crippen LogP contribution in [0.1, 0.15) is 10.4 Å². The predicted octanol–water partition coefficient (Wildman–Crippen LogP) is 3.97. The van der Waals surface area contributed by atoms with Gasteiger partial charge < -0.3 is 11.1 Å². The van der Waals surface area contributed by atoms with Gasteiger partial charge >= 0.3 is 0 Å². The first-order valence-corrected chi connectivity index (χ1v) is 6.04. The van der Waals surface area contributed by atoms with Crippen LogP contribution in [0.25, 0.3) is 0 Å². The van der Waals surface area contributed by atoms with E-state index in [1.54, 1.807) is 0 Å². The van der Waals surface area contributed by atoms with Crippen LogP contribution in [0.4, 0.5) is 15.8 Å². The fourth-order valence-electron chi connectivity index (χ4n) is 1.52. The Morgan fingerprint density at radius 3 is 2.53 bits per heavy atom. The molecule has 3 N–H and O–H groups in total. The lowest BCUT2D eigenvalue weighted by molar-refractivity contribution is 0.102. The minimum Gasteiger partial charge on any atom is -0.399 e. The molecule has 0 aliphatic carbocycles. The van der Waals surface area contributed by atoms with Crippen molar-refractivity contribution in [3.63, 3.8) is 0 Å². The molecule has 0 saturated heterocycles. The Balaban J connectivity index is 2.22. The van der Waals surface area contributed by atoms with E-state index in [2.05, 4.69) is 5.32 Å². The number of hydrogen-bond donors (Lipinski definition) is 2. The van der Waals surface area contributed by atoms with Gasteiger partial charge in [0, 0.05) is 22.0 Å². The number of amides is 1. The zero-order valence-electron chi connectivity index (χ0n) is 9.58. The van der Waals surface area contributed by atoms with Gasteiger partial charge in [-0.15, -0.1) is 0 Å². The van der Waals surface area contributed by atoms with Crippen LogP contribution in [-0.2, 0) is 0 Å². The van der Waals surface area contributed by atoms with Crippen molar-refractivity contribution in [1.82, 2.24) is 0 Å². The number of nitrogens with two attached hydrogens (primary N) is 1. The smallest absolute Gasteiger partial charge is 0.255 e. The average Bonchev–Trinajstić information content (AvgIpc) is 2.32. The molecule has 19 heavy (non-hydrogen) atoms. The topological polar surface area (TPSA) is 55.1 Å². The first-order chi connectivity index (χ1) is 8.95. The molecule has 1 amide bonds. The molecule has 2 aromatic carbocycles. The molecular weight excluding hydrogens is 290 g/mol. The molecule has 2 rings (SSSR count). The van der Waals surface area contributed by atoms with Crippen LogP contribution in [0, 0.1) is 5.82 Å². The van der Waals surface area contributed by atoms with E-state index in [0.29, 0.717) is 22.0 Å². The highest BCUT2D eigenvalue weighted by molar-refractivity contribution is 6.31. The third-order valence-corrected chi connectivity index (χ3v) is 2.87. The minimum atomic E-state index is -0.549. The van der Waals surface area contributed by atoms with Crippen molar-refractivity contribution in [3.8, 4) is 0 Å². The molecule has 0 bridgehead atoms. The molecule has 0 heterocycles. The van der Waals surface area contributed by atoms with E-state index in [4.69, 9.17) is 28.9 Å². The summed E-state index contributed by atoms with van der Waals surface area (Å²) in [5, 5.41) is 2.87. The maximum Gasteiger partial charge on any atom is 0.255 e. The van der Waals surface area contributed by atoms with Gasteiger partial charge in [-0.05, 0) is 36.4 Å². The highest BCUT2D eigenvalue weighted by Crippen LogP contribution is 2.21. The van der Waals surface area contributed by atoms with Crippen molar-refractivity contribution in [2.24, 2.45) is 0 Å². The molecule has 0 radical (unpaired) electrons. The van der Waals surface area contributed by atoms with E-state index >= 15 is 0 Å². The molecule has 0 spiro atoms. The average molecular weight is 299 g/mol. The van der Waals surface area contributed by atoms with Crippen LogP contribution in [0.3, 0.4) is 0 Å². The first kappa shape index (κ1) is 13.6. The van der Waals surface area contributed by atoms with Crippen molar-refractivity contribution in [2.45, 2.75) is 0 Å². The molecule has 2 aromatic rings. The summed E-state index contributed by atoms with van der Waals surface area (Å²) in [5.41, 5.74) is 6.68. The van der Waals surface area contributed by atoms with Crippen LogP contribution in [0.15, 0.2) is 36.4 Å². The Bertz CT molecular complexity index is 626. The Morgan fingerprint density at radius 2 is 1.89 bits per heavy atom. The number of carbonyl (C=O) groups excluding carboxylic acids is 1. The lowest BCUT2D eigenvalue weighted by atomic mass is 10.2. The normalized spacial score (nSPS) is 10.3. The summed E-state index contributed by atoms with van der Waals surface area (Å²) >= 11 is 11.4. The molecule has 98 valence electrons. The van der Waals surface area contributed by atoms with Crippen LogP contribution >= 0.6 is 23.2 Å². The highest BCUT2D eigenvalue weighted by Gasteiger charge is 2.09. The second kappa shape index (κ2) is 5.47. The fraction of sp³-hybridized carbons (Fsp3) is 0. The zero-order valence-corrected chi connectivity index (χ0v) is 11.1. The highest BCUT2D eigenvalue weighted by atomic mass is 35.5. The van der Waals surface area contributed by atoms with Crippen LogP contribution in [0.5, 0.6) is 0 Å². The lowest BCUT2D eigenvalue weighted by Crippen LogP contribution is -2.12. The number of halogens is 3. The van der Waals surface area contributed by atoms with E-state index in [-0.39, 0.29) is 5.02 Å². The second-order valence-electron chi connectivity index (χ2n) is 3.86. The molecule has 0 atom stereocenters. The predicted molar refractivity (Wildman–Crippen MR) is 75.2 cm³/mol. The van der Waals surface area contributed by atoms with Crippen LogP contribution < -0.4 is 11.1 Å². The number of hydrogen-bond acceptors (Lipinski definition) is 2. The van der Waals surface area contributed by atoms with Crippen LogP contribution in [-0.4, -0.2) is 5.91 Å². The second-order valence-corrected chi connectivity index (χ2v) is 4.70. The van der Waals surface area contributed by atoms with E-state index in [1.807, 2.05) is 0 Å². The molecule has 0 saturated carbocycles. The number of rotatable bonds is 2. The van der Waals surface area contributed by atoms with Crippen molar-refractivity contribution in [3.05, 3.63) is 57.8 Å². The third-order valence-electron chi connectivity index (χ3n) is 2.36. The Kier molecular flexibility index (Phi) is 3.93. The van der Waals surface area contributed by atoms with Gasteiger partial charge in [-0.25, -0.2) is 4.39 Å². The van der Waals surface area contributed by atoms with Crippen molar-refractivity contribution in [2.75, 3.05) is 11.1 Å². The van der Waals surface area contributed by atoms with Gasteiger partial charge in [-0.1, -0.05) is 23.2 Å². The summed E-state index contributed by atoms with van der Waals surface area (Å²) < 4.78 is 13.0. The summed E-state index contributed by atoms with van der Waals surface area (Å²) in [6.07, 6.45) is 0. The maximum atomic E-state index is 13.0. The Hall–Kier alpha value is -1.78. The van der Waals surface area contributed by atoms with E-state index in [1.165, 1.54) is 36.4 Å². The van der Waals surface area contributed by atoms with E-state index in [0.717, 1.165) is 0 Å². The monoisotopic (exact) mass is 298 g/mol. The third kappa shape index (κ3) is 3.36. The minimum absolute atomic E-state index is 0.0663. The molecule has 6 heteroatoms. The van der Waals surface area contributed by atoms with E-state index < -0.39 is 11.7 Å². The van der Waals surface area contributed by atoms with Crippen molar-refractivity contribution >= 4 is 40.5 Å². The van der Waals surface area contributed by atoms with Gasteiger partial charge in [0.05, 0.1) is 5.02 Å². The number of nitrogens with one attached hydrogen (secondary N) is 1. The molecule has 3 nitrogen and oxygen atoms in total. The summed E-state index contributed by atoms with van der Waals surface area (Å²) in [7, 11) is 0. The van der Waals surface area contributed by atoms with E-state index in [9.17, 15) is 9.18 Å². The number of carbonyl (C=O) groups is 1.